The summed E-state index contributed by atoms with van der Waals surface area (Å²) in [5.74, 6) is -1.04. The first-order valence-electron chi connectivity index (χ1n) is 11.0. The van der Waals surface area contributed by atoms with Crippen molar-refractivity contribution in [2.24, 2.45) is 0 Å². The molecule has 2 aliphatic rings. The van der Waals surface area contributed by atoms with E-state index in [-0.39, 0.29) is 29.3 Å². The lowest BCUT2D eigenvalue weighted by Gasteiger charge is -2.26. The molecule has 0 spiro atoms. The zero-order chi connectivity index (χ0) is 22.7. The van der Waals surface area contributed by atoms with Crippen molar-refractivity contribution in [1.82, 2.24) is 0 Å². The van der Waals surface area contributed by atoms with Gasteiger partial charge in [-0.25, -0.2) is 4.79 Å². The van der Waals surface area contributed by atoms with E-state index in [1.54, 1.807) is 31.2 Å². The van der Waals surface area contributed by atoms with E-state index in [2.05, 4.69) is 0 Å². The Morgan fingerprint density at radius 3 is 2.72 bits per heavy atom. The molecule has 0 radical (unpaired) electrons. The molecule has 168 valence electrons. The van der Waals surface area contributed by atoms with E-state index in [1.165, 1.54) is 6.26 Å². The van der Waals surface area contributed by atoms with E-state index in [0.717, 1.165) is 0 Å². The van der Waals surface area contributed by atoms with Gasteiger partial charge in [0.2, 0.25) is 0 Å². The molecule has 2 aliphatic heterocycles. The lowest BCUT2D eigenvalue weighted by atomic mass is 9.86. The first-order valence-corrected chi connectivity index (χ1v) is 11.0. The molecule has 1 aromatic carbocycles. The summed E-state index contributed by atoms with van der Waals surface area (Å²) in [6.45, 7) is 1.77. The fourth-order valence-corrected chi connectivity index (χ4v) is 4.25. The summed E-state index contributed by atoms with van der Waals surface area (Å²) >= 11 is 0. The van der Waals surface area contributed by atoms with E-state index in [0.29, 0.717) is 55.4 Å². The third-order valence-corrected chi connectivity index (χ3v) is 5.86. The minimum absolute atomic E-state index is 0.0117. The van der Waals surface area contributed by atoms with E-state index in [4.69, 9.17) is 13.9 Å². The SMILES string of the molecule is C[C@H]1CCCC(=O)CCC/C=C/c2cc3c(c(O)c2C(=O)O1)C(c1ccco1)CC(=O)O3. The molecule has 2 aromatic rings. The van der Waals surface area contributed by atoms with Crippen LogP contribution in [0.5, 0.6) is 11.5 Å². The number of carbonyl (C=O) groups excluding carboxylic acids is 3. The predicted molar refractivity (Wildman–Crippen MR) is 116 cm³/mol. The highest BCUT2D eigenvalue weighted by Crippen LogP contribution is 2.47. The second-order valence-electron chi connectivity index (χ2n) is 8.29. The Morgan fingerprint density at radius 1 is 1.12 bits per heavy atom. The molecule has 0 amide bonds. The van der Waals surface area contributed by atoms with Crippen molar-refractivity contribution in [2.75, 3.05) is 0 Å². The summed E-state index contributed by atoms with van der Waals surface area (Å²) < 4.78 is 16.5. The maximum atomic E-state index is 13.1. The maximum absolute atomic E-state index is 13.1. The van der Waals surface area contributed by atoms with Crippen LogP contribution in [0.4, 0.5) is 0 Å². The molecular formula is C25H26O7. The fraction of sp³-hybridized carbons (Fsp3) is 0.400. The molecule has 0 fully saturated rings. The van der Waals surface area contributed by atoms with Crippen molar-refractivity contribution in [3.8, 4) is 11.5 Å². The second-order valence-corrected chi connectivity index (χ2v) is 8.29. The highest BCUT2D eigenvalue weighted by Gasteiger charge is 2.36. The third-order valence-electron chi connectivity index (χ3n) is 5.86. The molecule has 4 rings (SSSR count). The lowest BCUT2D eigenvalue weighted by molar-refractivity contribution is -0.135. The summed E-state index contributed by atoms with van der Waals surface area (Å²) in [4.78, 5) is 37.3. The predicted octanol–water partition coefficient (Wildman–Crippen LogP) is 4.91. The molecule has 0 saturated carbocycles. The van der Waals surface area contributed by atoms with E-state index in [1.807, 2.05) is 6.08 Å². The second kappa shape index (κ2) is 9.42. The number of phenols is 1. The first-order chi connectivity index (χ1) is 15.4. The molecule has 7 heteroatoms. The van der Waals surface area contributed by atoms with Crippen LogP contribution in [0.3, 0.4) is 0 Å². The number of cyclic esters (lactones) is 1. The van der Waals surface area contributed by atoms with Crippen LogP contribution in [-0.2, 0) is 14.3 Å². The van der Waals surface area contributed by atoms with Crippen LogP contribution < -0.4 is 4.74 Å². The van der Waals surface area contributed by atoms with Gasteiger partial charge in [-0.1, -0.05) is 12.2 Å². The van der Waals surface area contributed by atoms with E-state index >= 15 is 0 Å². The third kappa shape index (κ3) is 4.61. The van der Waals surface area contributed by atoms with Crippen molar-refractivity contribution >= 4 is 23.8 Å². The Bertz CT molecular complexity index is 1050. The van der Waals surface area contributed by atoms with Crippen molar-refractivity contribution in [3.05, 3.63) is 53.0 Å². The Balaban J connectivity index is 1.79. The van der Waals surface area contributed by atoms with E-state index < -0.39 is 24.0 Å². The monoisotopic (exact) mass is 438 g/mol. The Labute approximate surface area is 186 Å². The number of aromatic hydroxyl groups is 1. The molecule has 0 aliphatic carbocycles. The number of rotatable bonds is 1. The fourth-order valence-electron chi connectivity index (χ4n) is 4.25. The largest absolute Gasteiger partial charge is 0.507 e. The highest BCUT2D eigenvalue weighted by molar-refractivity contribution is 5.98. The van der Waals surface area contributed by atoms with Crippen LogP contribution in [-0.4, -0.2) is 28.9 Å². The van der Waals surface area contributed by atoms with Gasteiger partial charge in [-0.2, -0.15) is 0 Å². The molecule has 2 atom stereocenters. The van der Waals surface area contributed by atoms with Crippen LogP contribution in [0.25, 0.3) is 6.08 Å². The van der Waals surface area contributed by atoms with Crippen LogP contribution in [0.2, 0.25) is 0 Å². The van der Waals surface area contributed by atoms with Crippen LogP contribution in [0.1, 0.15) is 85.0 Å². The minimum atomic E-state index is -0.657. The van der Waals surface area contributed by atoms with Gasteiger partial charge >= 0.3 is 11.9 Å². The lowest BCUT2D eigenvalue weighted by Crippen LogP contribution is -2.23. The standard InChI is InChI=1S/C25H26O7/c1-15-7-5-10-17(26)9-4-2-3-8-16-13-20-23(24(28)22(16)25(29)31-15)18(14-21(27)32-20)19-11-6-12-30-19/h3,6,8,11-13,15,18,28H,2,4-5,7,9-10,14H2,1H3/b8-3+/t15-,18?/m0/s1. The number of carbonyl (C=O) groups is 3. The summed E-state index contributed by atoms with van der Waals surface area (Å²) in [7, 11) is 0. The van der Waals surface area contributed by atoms with Gasteiger partial charge in [0.15, 0.2) is 0 Å². The molecule has 1 aromatic heterocycles. The first kappa shape index (κ1) is 21.9. The molecule has 0 bridgehead atoms. The number of ether oxygens (including phenoxy) is 2. The van der Waals surface area contributed by atoms with Crippen molar-refractivity contribution < 1.29 is 33.4 Å². The number of esters is 2. The average Bonchev–Trinajstić information content (AvgIpc) is 3.27. The molecule has 0 saturated heterocycles. The summed E-state index contributed by atoms with van der Waals surface area (Å²) in [6.07, 6.45) is 8.13. The van der Waals surface area contributed by atoms with Gasteiger partial charge in [-0.05, 0) is 56.4 Å². The number of furan rings is 1. The number of Topliss-reactive ketones (excluding diaryl/α,β-unsaturated/α-hetero) is 1. The number of phenolic OH excluding ortho intramolecular Hbond substituents is 1. The van der Waals surface area contributed by atoms with Gasteiger partial charge in [0.1, 0.15) is 28.6 Å². The number of hydrogen-bond acceptors (Lipinski definition) is 7. The number of ketones is 1. The number of allylic oxidation sites excluding steroid dienone is 1. The van der Waals surface area contributed by atoms with Gasteiger partial charge < -0.3 is 19.0 Å². The Morgan fingerprint density at radius 2 is 1.94 bits per heavy atom. The maximum Gasteiger partial charge on any atom is 0.342 e. The van der Waals surface area contributed by atoms with Gasteiger partial charge in [-0.3, -0.25) is 9.59 Å². The van der Waals surface area contributed by atoms with Gasteiger partial charge in [0, 0.05) is 18.4 Å². The summed E-state index contributed by atoms with van der Waals surface area (Å²) in [5.41, 5.74) is 0.771. The Hall–Kier alpha value is -3.35. The normalized spacial score (nSPS) is 23.3. The van der Waals surface area contributed by atoms with Gasteiger partial charge in [0.05, 0.1) is 24.7 Å². The molecule has 32 heavy (non-hydrogen) atoms. The molecular weight excluding hydrogens is 412 g/mol. The van der Waals surface area contributed by atoms with Crippen molar-refractivity contribution in [1.29, 1.82) is 0 Å². The molecule has 7 nitrogen and oxygen atoms in total. The highest BCUT2D eigenvalue weighted by atomic mass is 16.5. The zero-order valence-corrected chi connectivity index (χ0v) is 18.0. The number of benzene rings is 1. The Kier molecular flexibility index (Phi) is 6.44. The number of hydrogen-bond donors (Lipinski definition) is 1. The smallest absolute Gasteiger partial charge is 0.342 e. The van der Waals surface area contributed by atoms with Crippen molar-refractivity contribution in [2.45, 2.75) is 63.9 Å². The zero-order valence-electron chi connectivity index (χ0n) is 18.0. The molecule has 1 unspecified atom stereocenters. The average molecular weight is 438 g/mol. The number of fused-ring (bicyclic) bond motifs is 2. The summed E-state index contributed by atoms with van der Waals surface area (Å²) in [6, 6.07) is 5.01. The summed E-state index contributed by atoms with van der Waals surface area (Å²) in [5, 5.41) is 11.2. The van der Waals surface area contributed by atoms with E-state index in [9.17, 15) is 19.5 Å². The van der Waals surface area contributed by atoms with Crippen molar-refractivity contribution in [3.63, 3.8) is 0 Å². The van der Waals surface area contributed by atoms with Gasteiger partial charge in [-0.15, -0.1) is 0 Å². The quantitative estimate of drug-likeness (QED) is 0.498. The van der Waals surface area contributed by atoms with Gasteiger partial charge in [0.25, 0.3) is 0 Å². The molecule has 1 N–H and O–H groups in total. The topological polar surface area (TPSA) is 103 Å². The van der Waals surface area contributed by atoms with Crippen LogP contribution >= 0.6 is 0 Å². The minimum Gasteiger partial charge on any atom is -0.507 e. The molecule has 3 heterocycles. The van der Waals surface area contributed by atoms with Crippen LogP contribution in [0, 0.1) is 0 Å². The van der Waals surface area contributed by atoms with Crippen LogP contribution in [0.15, 0.2) is 35.0 Å².